The van der Waals surface area contributed by atoms with Gasteiger partial charge in [-0.1, -0.05) is 0 Å². The van der Waals surface area contributed by atoms with E-state index in [0.29, 0.717) is 12.5 Å². The molecule has 0 saturated heterocycles. The lowest BCUT2D eigenvalue weighted by atomic mass is 10.2. The summed E-state index contributed by atoms with van der Waals surface area (Å²) < 4.78 is 5.09. The molecule has 0 heterocycles. The monoisotopic (exact) mass is 222 g/mol. The van der Waals surface area contributed by atoms with E-state index in [2.05, 4.69) is 0 Å². The van der Waals surface area contributed by atoms with Gasteiger partial charge in [-0.05, 0) is 39.5 Å². The van der Waals surface area contributed by atoms with E-state index in [4.69, 9.17) is 10.6 Å². The topological polar surface area (TPSA) is 55.6 Å². The third-order valence-electron chi connectivity index (χ3n) is 1.78. The third-order valence-corrected chi connectivity index (χ3v) is 1.78. The fourth-order valence-electron chi connectivity index (χ4n) is 0.974. The first-order valence-electron chi connectivity index (χ1n) is 4.64. The predicted octanol–water partition coefficient (Wildman–Crippen LogP) is 1.93. The first-order chi connectivity index (χ1) is 5.88. The molecule has 0 aromatic carbocycles. The van der Waals surface area contributed by atoms with Gasteiger partial charge in [-0.2, -0.15) is 0 Å². The Morgan fingerprint density at radius 1 is 1.50 bits per heavy atom. The van der Waals surface area contributed by atoms with Crippen molar-refractivity contribution in [3.05, 3.63) is 0 Å². The summed E-state index contributed by atoms with van der Waals surface area (Å²) in [6.07, 6.45) is 1.92. The molecule has 5 heteroatoms. The Morgan fingerprint density at radius 2 is 2.00 bits per heavy atom. The summed E-state index contributed by atoms with van der Waals surface area (Å²) in [5.74, 6) is 6.12. The zero-order chi connectivity index (χ0) is 10.1. The molecule has 0 aromatic rings. The zero-order valence-corrected chi connectivity index (χ0v) is 9.76. The molecular formula is C9H19ClN2O2. The van der Waals surface area contributed by atoms with E-state index in [1.807, 2.05) is 20.8 Å². The highest BCUT2D eigenvalue weighted by atomic mass is 35.5. The number of ether oxygens (including phenoxy) is 1. The summed E-state index contributed by atoms with van der Waals surface area (Å²) in [5, 5.41) is 1.17. The van der Waals surface area contributed by atoms with Gasteiger partial charge in [0.05, 0.1) is 0 Å². The van der Waals surface area contributed by atoms with Gasteiger partial charge in [0.15, 0.2) is 0 Å². The fraction of sp³-hybridized carbons (Fsp3) is 0.889. The Bertz CT molecular complexity index is 199. The van der Waals surface area contributed by atoms with Gasteiger partial charge in [-0.3, -0.25) is 0 Å². The Balaban J connectivity index is 0.00000169. The minimum absolute atomic E-state index is 0. The van der Waals surface area contributed by atoms with E-state index < -0.39 is 11.7 Å². The van der Waals surface area contributed by atoms with Crippen LogP contribution in [0.4, 0.5) is 4.79 Å². The van der Waals surface area contributed by atoms with Crippen LogP contribution in [0.15, 0.2) is 0 Å². The Hall–Kier alpha value is -0.480. The van der Waals surface area contributed by atoms with Crippen molar-refractivity contribution in [1.29, 1.82) is 0 Å². The van der Waals surface area contributed by atoms with E-state index in [0.717, 1.165) is 0 Å². The average Bonchev–Trinajstić information content (AvgIpc) is 2.67. The Kier molecular flexibility index (Phi) is 4.68. The van der Waals surface area contributed by atoms with Crippen molar-refractivity contribution in [2.45, 2.75) is 39.2 Å². The number of nitrogens with zero attached hydrogens (tertiary/aromatic N) is 1. The van der Waals surface area contributed by atoms with E-state index in [1.54, 1.807) is 0 Å². The molecule has 1 fully saturated rings. The third kappa shape index (κ3) is 5.29. The van der Waals surface area contributed by atoms with Crippen molar-refractivity contribution in [3.8, 4) is 0 Å². The molecule has 0 aromatic heterocycles. The average molecular weight is 223 g/mol. The van der Waals surface area contributed by atoms with Crippen LogP contribution < -0.4 is 5.84 Å². The summed E-state index contributed by atoms with van der Waals surface area (Å²) in [7, 11) is 0. The summed E-state index contributed by atoms with van der Waals surface area (Å²) in [5.41, 5.74) is -0.460. The number of nitrogens with two attached hydrogens (primary N) is 1. The van der Waals surface area contributed by atoms with Crippen LogP contribution in [-0.2, 0) is 4.74 Å². The van der Waals surface area contributed by atoms with Crippen LogP contribution >= 0.6 is 12.4 Å². The van der Waals surface area contributed by atoms with Crippen molar-refractivity contribution < 1.29 is 9.53 Å². The molecule has 0 atom stereocenters. The molecule has 1 aliphatic carbocycles. The molecule has 0 radical (unpaired) electrons. The molecular weight excluding hydrogens is 204 g/mol. The predicted molar refractivity (Wildman–Crippen MR) is 57.1 cm³/mol. The van der Waals surface area contributed by atoms with Gasteiger partial charge >= 0.3 is 6.09 Å². The molecule has 84 valence electrons. The summed E-state index contributed by atoms with van der Waals surface area (Å²) >= 11 is 0. The quantitative estimate of drug-likeness (QED) is 0.441. The van der Waals surface area contributed by atoms with Gasteiger partial charge < -0.3 is 4.74 Å². The van der Waals surface area contributed by atoms with E-state index >= 15 is 0 Å². The maximum absolute atomic E-state index is 11.3. The highest BCUT2D eigenvalue weighted by molar-refractivity contribution is 5.85. The molecule has 0 spiro atoms. The highest BCUT2D eigenvalue weighted by Gasteiger charge is 2.27. The van der Waals surface area contributed by atoms with Crippen molar-refractivity contribution in [1.82, 2.24) is 5.01 Å². The van der Waals surface area contributed by atoms with Gasteiger partial charge in [-0.25, -0.2) is 15.6 Å². The van der Waals surface area contributed by atoms with Crippen molar-refractivity contribution in [2.24, 2.45) is 11.8 Å². The maximum Gasteiger partial charge on any atom is 0.424 e. The standard InChI is InChI=1S/C9H18N2O2.ClH/c1-9(2,3)13-8(12)11(10)6-7-4-5-7;/h7H,4-6,10H2,1-3H3;1H. The molecule has 4 nitrogen and oxygen atoms in total. The van der Waals surface area contributed by atoms with Crippen molar-refractivity contribution >= 4 is 18.5 Å². The van der Waals surface area contributed by atoms with E-state index in [1.165, 1.54) is 17.9 Å². The number of amides is 1. The normalized spacial score (nSPS) is 15.7. The minimum atomic E-state index is -0.460. The number of hydrazine groups is 1. The van der Waals surface area contributed by atoms with Crippen molar-refractivity contribution in [3.63, 3.8) is 0 Å². The molecule has 0 bridgehead atoms. The van der Waals surface area contributed by atoms with Gasteiger partial charge in [0.25, 0.3) is 0 Å². The van der Waals surface area contributed by atoms with Crippen LogP contribution in [0.1, 0.15) is 33.6 Å². The zero-order valence-electron chi connectivity index (χ0n) is 8.95. The molecule has 0 aliphatic heterocycles. The minimum Gasteiger partial charge on any atom is -0.443 e. The summed E-state index contributed by atoms with van der Waals surface area (Å²) in [4.78, 5) is 11.3. The van der Waals surface area contributed by atoms with E-state index in [9.17, 15) is 4.79 Å². The summed E-state index contributed by atoms with van der Waals surface area (Å²) in [6.45, 7) is 6.11. The lowest BCUT2D eigenvalue weighted by Gasteiger charge is -2.24. The molecule has 1 saturated carbocycles. The van der Waals surface area contributed by atoms with Crippen LogP contribution in [0.25, 0.3) is 0 Å². The van der Waals surface area contributed by atoms with Gasteiger partial charge in [0.2, 0.25) is 0 Å². The molecule has 0 unspecified atom stereocenters. The first-order valence-corrected chi connectivity index (χ1v) is 4.64. The summed E-state index contributed by atoms with van der Waals surface area (Å²) in [6, 6.07) is 0. The van der Waals surface area contributed by atoms with Crippen LogP contribution in [0, 0.1) is 5.92 Å². The number of rotatable bonds is 2. The second-order valence-corrected chi connectivity index (χ2v) is 4.58. The van der Waals surface area contributed by atoms with Crippen LogP contribution in [0.2, 0.25) is 0 Å². The van der Waals surface area contributed by atoms with Gasteiger partial charge in [0, 0.05) is 6.54 Å². The highest BCUT2D eigenvalue weighted by Crippen LogP contribution is 2.29. The maximum atomic E-state index is 11.3. The number of hydrogen-bond acceptors (Lipinski definition) is 3. The first kappa shape index (κ1) is 13.5. The number of carbonyl (C=O) groups is 1. The van der Waals surface area contributed by atoms with Crippen LogP contribution in [-0.4, -0.2) is 23.2 Å². The molecule has 1 amide bonds. The number of halogens is 1. The Labute approximate surface area is 91.2 Å². The van der Waals surface area contributed by atoms with Crippen LogP contribution in [0.5, 0.6) is 0 Å². The fourth-order valence-corrected chi connectivity index (χ4v) is 0.974. The second kappa shape index (κ2) is 4.84. The smallest absolute Gasteiger partial charge is 0.424 e. The van der Waals surface area contributed by atoms with E-state index in [-0.39, 0.29) is 12.4 Å². The Morgan fingerprint density at radius 3 is 2.36 bits per heavy atom. The largest absolute Gasteiger partial charge is 0.443 e. The second-order valence-electron chi connectivity index (χ2n) is 4.58. The SMILES string of the molecule is CC(C)(C)OC(=O)N(N)CC1CC1.Cl. The molecule has 2 N–H and O–H groups in total. The van der Waals surface area contributed by atoms with Gasteiger partial charge in [-0.15, -0.1) is 12.4 Å². The van der Waals surface area contributed by atoms with Gasteiger partial charge in [0.1, 0.15) is 5.60 Å². The van der Waals surface area contributed by atoms with Crippen LogP contribution in [0.3, 0.4) is 0 Å². The lowest BCUT2D eigenvalue weighted by molar-refractivity contribution is 0.0239. The van der Waals surface area contributed by atoms with Crippen molar-refractivity contribution in [2.75, 3.05) is 6.54 Å². The molecule has 1 aliphatic rings. The number of carbonyl (C=O) groups excluding carboxylic acids is 1. The molecule has 14 heavy (non-hydrogen) atoms. The molecule has 1 rings (SSSR count). The lowest BCUT2D eigenvalue weighted by Crippen LogP contribution is -2.42. The number of hydrogen-bond donors (Lipinski definition) is 1.